The van der Waals surface area contributed by atoms with E-state index >= 15 is 0 Å². The number of hydrogen-bond acceptors (Lipinski definition) is 0. The molecule has 0 bridgehead atoms. The Hall–Kier alpha value is -2.03. The molecule has 3 aromatic rings. The van der Waals surface area contributed by atoms with Crippen molar-refractivity contribution in [3.63, 3.8) is 0 Å². The van der Waals surface area contributed by atoms with Crippen LogP contribution in [-0.2, 0) is 0 Å². The summed E-state index contributed by atoms with van der Waals surface area (Å²) in [5.41, 5.74) is 0. The summed E-state index contributed by atoms with van der Waals surface area (Å²) in [6, 6.07) is 10.7. The molecule has 3 heteroatoms. The minimum absolute atomic E-state index is 0.0267. The maximum atomic E-state index is 13.8. The largest absolute Gasteiger partial charge is 0.206 e. The average molecular weight is 232 g/mol. The molecular formula is C14H7F3. The monoisotopic (exact) mass is 232 g/mol. The highest BCUT2D eigenvalue weighted by Crippen LogP contribution is 2.30. The fraction of sp³-hybridized carbons (Fsp3) is 0. The molecule has 0 spiro atoms. The molecule has 0 amide bonds. The molecule has 0 aliphatic heterocycles. The normalized spacial score (nSPS) is 11.2. The molecule has 17 heavy (non-hydrogen) atoms. The molecular weight excluding hydrogens is 225 g/mol. The van der Waals surface area contributed by atoms with Gasteiger partial charge in [-0.3, -0.25) is 0 Å². The van der Waals surface area contributed by atoms with E-state index in [4.69, 9.17) is 0 Å². The molecule has 0 fully saturated rings. The Morgan fingerprint density at radius 2 is 1.47 bits per heavy atom. The lowest BCUT2D eigenvalue weighted by atomic mass is 10.0. The van der Waals surface area contributed by atoms with Crippen molar-refractivity contribution >= 4 is 21.5 Å². The lowest BCUT2D eigenvalue weighted by Gasteiger charge is -2.06. The van der Waals surface area contributed by atoms with E-state index in [2.05, 4.69) is 0 Å². The van der Waals surface area contributed by atoms with Crippen LogP contribution in [0.1, 0.15) is 0 Å². The van der Waals surface area contributed by atoms with Crippen LogP contribution in [0.15, 0.2) is 42.5 Å². The van der Waals surface area contributed by atoms with Crippen LogP contribution in [0, 0.1) is 17.5 Å². The Morgan fingerprint density at radius 3 is 2.29 bits per heavy atom. The predicted molar refractivity (Wildman–Crippen MR) is 61.3 cm³/mol. The van der Waals surface area contributed by atoms with E-state index < -0.39 is 17.5 Å². The first-order valence-corrected chi connectivity index (χ1v) is 5.13. The molecule has 0 aliphatic rings. The minimum atomic E-state index is -1.16. The first kappa shape index (κ1) is 10.1. The SMILES string of the molecule is Fc1cc(F)c2c(ccc3ccccc32)c1F. The molecule has 3 aromatic carbocycles. The quantitative estimate of drug-likeness (QED) is 0.398. The number of fused-ring (bicyclic) bond motifs is 3. The lowest BCUT2D eigenvalue weighted by Crippen LogP contribution is -1.91. The summed E-state index contributed by atoms with van der Waals surface area (Å²) in [6.45, 7) is 0. The highest BCUT2D eigenvalue weighted by atomic mass is 19.2. The average Bonchev–Trinajstić information content (AvgIpc) is 2.35. The highest BCUT2D eigenvalue weighted by molar-refractivity contribution is 6.07. The first-order chi connectivity index (χ1) is 8.18. The zero-order valence-corrected chi connectivity index (χ0v) is 8.68. The van der Waals surface area contributed by atoms with Crippen LogP contribution < -0.4 is 0 Å². The van der Waals surface area contributed by atoms with Crippen molar-refractivity contribution in [2.45, 2.75) is 0 Å². The van der Waals surface area contributed by atoms with Gasteiger partial charge in [0.25, 0.3) is 0 Å². The van der Waals surface area contributed by atoms with Gasteiger partial charge in [-0.1, -0.05) is 36.4 Å². The van der Waals surface area contributed by atoms with E-state index in [1.165, 1.54) is 6.07 Å². The zero-order valence-electron chi connectivity index (χ0n) is 8.68. The summed E-state index contributed by atoms with van der Waals surface area (Å²) in [5, 5.41) is 1.48. The third kappa shape index (κ3) is 1.39. The van der Waals surface area contributed by atoms with E-state index in [0.717, 1.165) is 5.39 Å². The number of benzene rings is 3. The van der Waals surface area contributed by atoms with Crippen LogP contribution in [0.4, 0.5) is 13.2 Å². The predicted octanol–water partition coefficient (Wildman–Crippen LogP) is 4.41. The molecule has 84 valence electrons. The van der Waals surface area contributed by atoms with Crippen molar-refractivity contribution in [1.29, 1.82) is 0 Å². The van der Waals surface area contributed by atoms with E-state index in [1.807, 2.05) is 6.07 Å². The molecule has 0 saturated heterocycles. The van der Waals surface area contributed by atoms with Gasteiger partial charge in [-0.25, -0.2) is 13.2 Å². The molecule has 0 heterocycles. The number of hydrogen-bond donors (Lipinski definition) is 0. The fourth-order valence-electron chi connectivity index (χ4n) is 2.09. The van der Waals surface area contributed by atoms with Gasteiger partial charge in [0.15, 0.2) is 11.6 Å². The van der Waals surface area contributed by atoms with Gasteiger partial charge >= 0.3 is 0 Å². The van der Waals surface area contributed by atoms with Crippen molar-refractivity contribution in [3.05, 3.63) is 59.9 Å². The standard InChI is InChI=1S/C14H7F3/c15-11-7-12(16)14(17)10-6-5-8-3-1-2-4-9(8)13(10)11/h1-7H. The van der Waals surface area contributed by atoms with Crippen molar-refractivity contribution in [1.82, 2.24) is 0 Å². The molecule has 0 nitrogen and oxygen atoms in total. The van der Waals surface area contributed by atoms with Crippen LogP contribution in [-0.4, -0.2) is 0 Å². The molecule has 0 radical (unpaired) electrons. The second kappa shape index (κ2) is 3.48. The van der Waals surface area contributed by atoms with Crippen molar-refractivity contribution in [2.24, 2.45) is 0 Å². The molecule has 0 N–H and O–H groups in total. The highest BCUT2D eigenvalue weighted by Gasteiger charge is 2.14. The second-order valence-corrected chi connectivity index (χ2v) is 3.86. The van der Waals surface area contributed by atoms with E-state index in [9.17, 15) is 13.2 Å². The lowest BCUT2D eigenvalue weighted by molar-refractivity contribution is 0.506. The van der Waals surface area contributed by atoms with Gasteiger partial charge in [-0.15, -0.1) is 0 Å². The summed E-state index contributed by atoms with van der Waals surface area (Å²) in [7, 11) is 0. The third-order valence-corrected chi connectivity index (χ3v) is 2.87. The summed E-state index contributed by atoms with van der Waals surface area (Å²) in [4.78, 5) is 0. The van der Waals surface area contributed by atoms with Crippen molar-refractivity contribution in [3.8, 4) is 0 Å². The summed E-state index contributed by atoms with van der Waals surface area (Å²) >= 11 is 0. The van der Waals surface area contributed by atoms with E-state index in [0.29, 0.717) is 11.5 Å². The van der Waals surface area contributed by atoms with Crippen LogP contribution in [0.5, 0.6) is 0 Å². The van der Waals surface area contributed by atoms with Gasteiger partial charge in [-0.05, 0) is 10.8 Å². The Balaban J connectivity index is 2.63. The maximum absolute atomic E-state index is 13.8. The van der Waals surface area contributed by atoms with Gasteiger partial charge < -0.3 is 0 Å². The van der Waals surface area contributed by atoms with Gasteiger partial charge in [-0.2, -0.15) is 0 Å². The second-order valence-electron chi connectivity index (χ2n) is 3.86. The van der Waals surface area contributed by atoms with E-state index in [-0.39, 0.29) is 10.8 Å². The third-order valence-electron chi connectivity index (χ3n) is 2.87. The maximum Gasteiger partial charge on any atom is 0.166 e. The molecule has 3 rings (SSSR count). The molecule has 0 atom stereocenters. The fourth-order valence-corrected chi connectivity index (χ4v) is 2.09. The van der Waals surface area contributed by atoms with Gasteiger partial charge in [0.05, 0.1) is 0 Å². The van der Waals surface area contributed by atoms with Crippen LogP contribution in [0.3, 0.4) is 0 Å². The summed E-state index contributed by atoms with van der Waals surface area (Å²) in [6.07, 6.45) is 0. The van der Waals surface area contributed by atoms with Crippen LogP contribution in [0.2, 0.25) is 0 Å². The Morgan fingerprint density at radius 1 is 0.706 bits per heavy atom. The Kier molecular flexibility index (Phi) is 2.08. The zero-order chi connectivity index (χ0) is 12.0. The van der Waals surface area contributed by atoms with E-state index in [1.54, 1.807) is 24.3 Å². The summed E-state index contributed by atoms with van der Waals surface area (Å²) < 4.78 is 40.4. The summed E-state index contributed by atoms with van der Waals surface area (Å²) in [5.74, 6) is -2.91. The van der Waals surface area contributed by atoms with Gasteiger partial charge in [0.2, 0.25) is 0 Å². The Bertz CT molecular complexity index is 732. The van der Waals surface area contributed by atoms with Gasteiger partial charge in [0, 0.05) is 16.8 Å². The topological polar surface area (TPSA) is 0 Å². The van der Waals surface area contributed by atoms with Crippen molar-refractivity contribution in [2.75, 3.05) is 0 Å². The van der Waals surface area contributed by atoms with Crippen molar-refractivity contribution < 1.29 is 13.2 Å². The Labute approximate surface area is 95.3 Å². The van der Waals surface area contributed by atoms with Gasteiger partial charge in [0.1, 0.15) is 5.82 Å². The molecule has 0 unspecified atom stereocenters. The first-order valence-electron chi connectivity index (χ1n) is 5.13. The minimum Gasteiger partial charge on any atom is -0.206 e. The number of halogens is 3. The molecule has 0 aromatic heterocycles. The van der Waals surface area contributed by atoms with Crippen LogP contribution >= 0.6 is 0 Å². The molecule has 0 aliphatic carbocycles. The molecule has 0 saturated carbocycles. The van der Waals surface area contributed by atoms with Crippen LogP contribution in [0.25, 0.3) is 21.5 Å². The smallest absolute Gasteiger partial charge is 0.166 e. The number of rotatable bonds is 0.